The van der Waals surface area contributed by atoms with Crippen molar-refractivity contribution >= 4 is 24.0 Å². The molecule has 0 bridgehead atoms. The number of carbonyl (C=O) groups is 1. The number of benzene rings is 2. The molecular formula is C39H50N2O2. The van der Waals surface area contributed by atoms with Crippen molar-refractivity contribution in [3.8, 4) is 11.8 Å². The number of allylic oxidation sites excluding steroid dienone is 7. The summed E-state index contributed by atoms with van der Waals surface area (Å²) in [6, 6.07) is 14.2. The van der Waals surface area contributed by atoms with Gasteiger partial charge in [0.1, 0.15) is 18.1 Å². The van der Waals surface area contributed by atoms with Crippen molar-refractivity contribution in [1.82, 2.24) is 5.32 Å². The second-order valence-corrected chi connectivity index (χ2v) is 11.3. The molecule has 1 aliphatic rings. The molecule has 1 aliphatic carbocycles. The van der Waals surface area contributed by atoms with E-state index in [1.165, 1.54) is 12.0 Å². The number of hydrogen-bond donors (Lipinski definition) is 1. The average Bonchev–Trinajstić information content (AvgIpc) is 3.19. The lowest BCUT2D eigenvalue weighted by Gasteiger charge is -2.27. The molecule has 0 saturated carbocycles. The van der Waals surface area contributed by atoms with Crippen LogP contribution in [0, 0.1) is 16.7 Å². The minimum Gasteiger partial charge on any atom is -0.492 e. The van der Waals surface area contributed by atoms with Gasteiger partial charge in [-0.2, -0.15) is 5.26 Å². The van der Waals surface area contributed by atoms with Gasteiger partial charge < -0.3 is 14.8 Å². The van der Waals surface area contributed by atoms with Crippen molar-refractivity contribution in [2.75, 3.05) is 13.2 Å². The summed E-state index contributed by atoms with van der Waals surface area (Å²) in [7, 11) is 0. The van der Waals surface area contributed by atoms with E-state index in [9.17, 15) is 10.1 Å². The zero-order valence-electron chi connectivity index (χ0n) is 27.1. The zero-order chi connectivity index (χ0) is 32.3. The molecule has 0 saturated heterocycles. The van der Waals surface area contributed by atoms with E-state index in [1.807, 2.05) is 74.6 Å². The summed E-state index contributed by atoms with van der Waals surface area (Å²) >= 11 is 0. The lowest BCUT2D eigenvalue weighted by molar-refractivity contribution is -0.111. The van der Waals surface area contributed by atoms with E-state index in [0.29, 0.717) is 17.9 Å². The molecule has 1 unspecified atom stereocenters. The van der Waals surface area contributed by atoms with Crippen molar-refractivity contribution in [1.29, 1.82) is 5.26 Å². The Labute approximate surface area is 260 Å². The largest absolute Gasteiger partial charge is 0.492 e. The minimum absolute atomic E-state index is 0.0849. The Bertz CT molecular complexity index is 1350. The van der Waals surface area contributed by atoms with Crippen LogP contribution in [-0.2, 0) is 11.2 Å². The van der Waals surface area contributed by atoms with E-state index in [1.54, 1.807) is 6.08 Å². The standard InChI is InChI=1S/C33H36N2O2.C3H8.C3H6/c1-6-26-13-12-25(19-27(26)7-2)21-32(3,4)35-17-10-18-37-31-15-14-28(20-30(31)23-34)29-11-8-9-16-33(5,22-29)24-36;2*1-3-2/h6-9,11-16,19-20,22,24,35H,1-2,10,17-18,21H2,3-5H3;3H2,1-2H3;3H,1H2,2H3. The first-order chi connectivity index (χ1) is 20.5. The van der Waals surface area contributed by atoms with E-state index >= 15 is 0 Å². The van der Waals surface area contributed by atoms with Crippen molar-refractivity contribution in [2.45, 2.75) is 66.3 Å². The minimum atomic E-state index is -0.676. The molecule has 4 nitrogen and oxygen atoms in total. The molecule has 1 N–H and O–H groups in total. The second kappa shape index (κ2) is 19.1. The van der Waals surface area contributed by atoms with Crippen molar-refractivity contribution in [3.63, 3.8) is 0 Å². The Hall–Kier alpha value is -4.20. The van der Waals surface area contributed by atoms with Crippen LogP contribution >= 0.6 is 0 Å². The van der Waals surface area contributed by atoms with Crippen molar-refractivity contribution in [2.24, 2.45) is 5.41 Å². The number of aldehydes is 1. The highest BCUT2D eigenvalue weighted by molar-refractivity contribution is 5.81. The summed E-state index contributed by atoms with van der Waals surface area (Å²) in [4.78, 5) is 11.6. The summed E-state index contributed by atoms with van der Waals surface area (Å²) in [6.45, 7) is 24.8. The molecule has 1 atom stereocenters. The summed E-state index contributed by atoms with van der Waals surface area (Å²) in [5.41, 5.74) is 4.92. The van der Waals surface area contributed by atoms with Gasteiger partial charge in [0.2, 0.25) is 0 Å². The SMILES string of the molecule is C=CC.C=Cc1ccc(CC(C)(C)NCCCOc2ccc(C3=CC(C)(C=O)C=CC=C3)cc2C#N)cc1C=C.CCC. The molecule has 0 heterocycles. The predicted molar refractivity (Wildman–Crippen MR) is 186 cm³/mol. The van der Waals surface area contributed by atoms with Crippen LogP contribution in [0.3, 0.4) is 0 Å². The summed E-state index contributed by atoms with van der Waals surface area (Å²) < 4.78 is 5.96. The second-order valence-electron chi connectivity index (χ2n) is 11.3. The lowest BCUT2D eigenvalue weighted by atomic mass is 9.88. The lowest BCUT2D eigenvalue weighted by Crippen LogP contribution is -2.42. The smallest absolute Gasteiger partial charge is 0.137 e. The van der Waals surface area contributed by atoms with E-state index < -0.39 is 5.41 Å². The molecule has 0 spiro atoms. The van der Waals surface area contributed by atoms with Gasteiger partial charge in [0.25, 0.3) is 0 Å². The third kappa shape index (κ3) is 12.7. The number of carbonyl (C=O) groups excluding carboxylic acids is 1. The summed E-state index contributed by atoms with van der Waals surface area (Å²) in [5, 5.41) is 13.3. The Morgan fingerprint density at radius 3 is 2.33 bits per heavy atom. The number of ether oxygens (including phenoxy) is 1. The maximum absolute atomic E-state index is 11.6. The molecule has 2 aromatic rings. The molecule has 4 heteroatoms. The maximum atomic E-state index is 11.6. The van der Waals surface area contributed by atoms with Gasteiger partial charge in [-0.15, -0.1) is 6.58 Å². The quantitative estimate of drug-likeness (QED) is 0.155. The highest BCUT2D eigenvalue weighted by atomic mass is 16.5. The number of nitrogens with zero attached hydrogens (tertiary/aromatic N) is 1. The highest BCUT2D eigenvalue weighted by Crippen LogP contribution is 2.30. The van der Waals surface area contributed by atoms with Gasteiger partial charge in [-0.25, -0.2) is 0 Å². The Morgan fingerprint density at radius 2 is 1.72 bits per heavy atom. The van der Waals surface area contributed by atoms with E-state index in [-0.39, 0.29) is 5.54 Å². The molecular weight excluding hydrogens is 528 g/mol. The fourth-order valence-corrected chi connectivity index (χ4v) is 4.38. The molecule has 0 aromatic heterocycles. The van der Waals surface area contributed by atoms with Crippen LogP contribution in [0.1, 0.15) is 82.2 Å². The van der Waals surface area contributed by atoms with Crippen LogP contribution in [0.4, 0.5) is 0 Å². The van der Waals surface area contributed by atoms with Crippen LogP contribution in [0.2, 0.25) is 0 Å². The molecule has 228 valence electrons. The first-order valence-corrected chi connectivity index (χ1v) is 15.0. The van der Waals surface area contributed by atoms with Gasteiger partial charge in [0.05, 0.1) is 17.6 Å². The van der Waals surface area contributed by atoms with E-state index in [4.69, 9.17) is 4.74 Å². The molecule has 0 aliphatic heterocycles. The van der Waals surface area contributed by atoms with Gasteiger partial charge in [0.15, 0.2) is 0 Å². The zero-order valence-corrected chi connectivity index (χ0v) is 27.1. The van der Waals surface area contributed by atoms with Gasteiger partial charge in [-0.1, -0.05) is 106 Å². The average molecular weight is 579 g/mol. The topological polar surface area (TPSA) is 62.1 Å². The Balaban J connectivity index is 0.00000142. The van der Waals surface area contributed by atoms with Gasteiger partial charge in [0, 0.05) is 5.54 Å². The Morgan fingerprint density at radius 1 is 1.05 bits per heavy atom. The molecule has 0 fully saturated rings. The number of hydrogen-bond acceptors (Lipinski definition) is 4. The monoisotopic (exact) mass is 578 g/mol. The van der Waals surface area contributed by atoms with Crippen LogP contribution < -0.4 is 10.1 Å². The third-order valence-electron chi connectivity index (χ3n) is 6.42. The third-order valence-corrected chi connectivity index (χ3v) is 6.42. The fourth-order valence-electron chi connectivity index (χ4n) is 4.38. The van der Waals surface area contributed by atoms with Crippen LogP contribution in [0.25, 0.3) is 17.7 Å². The maximum Gasteiger partial charge on any atom is 0.137 e. The summed E-state index contributed by atoms with van der Waals surface area (Å²) in [6.07, 6.45) is 18.8. The Kier molecular flexibility index (Phi) is 16.3. The first-order valence-electron chi connectivity index (χ1n) is 15.0. The normalized spacial score (nSPS) is 15.2. The van der Waals surface area contributed by atoms with E-state index in [0.717, 1.165) is 47.9 Å². The molecule has 0 amide bonds. The predicted octanol–water partition coefficient (Wildman–Crippen LogP) is 9.55. The fraction of sp³-hybridized carbons (Fsp3) is 0.333. The number of nitriles is 1. The van der Waals surface area contributed by atoms with Gasteiger partial charge >= 0.3 is 0 Å². The van der Waals surface area contributed by atoms with Gasteiger partial charge in [-0.05, 0) is 87.0 Å². The van der Waals surface area contributed by atoms with Crippen LogP contribution in [0.15, 0.2) is 92.6 Å². The van der Waals surface area contributed by atoms with Crippen molar-refractivity contribution in [3.05, 3.63) is 120 Å². The highest BCUT2D eigenvalue weighted by Gasteiger charge is 2.20. The molecule has 0 radical (unpaired) electrons. The van der Waals surface area contributed by atoms with E-state index in [2.05, 4.69) is 77.0 Å². The van der Waals surface area contributed by atoms with Gasteiger partial charge in [-0.3, -0.25) is 0 Å². The summed E-state index contributed by atoms with van der Waals surface area (Å²) in [5.74, 6) is 0.569. The molecule has 3 rings (SSSR count). The first kappa shape index (κ1) is 36.8. The van der Waals surface area contributed by atoms with Crippen LogP contribution in [-0.4, -0.2) is 25.0 Å². The number of rotatable bonds is 12. The molecule has 43 heavy (non-hydrogen) atoms. The number of nitrogens with one attached hydrogen (secondary N) is 1. The molecule has 2 aromatic carbocycles. The van der Waals surface area contributed by atoms with Crippen molar-refractivity contribution < 1.29 is 9.53 Å². The van der Waals surface area contributed by atoms with Crippen LogP contribution in [0.5, 0.6) is 5.75 Å².